The zero-order chi connectivity index (χ0) is 7.56. The molecule has 0 spiro atoms. The van der Waals surface area contributed by atoms with Crippen LogP contribution >= 0.6 is 43.5 Å². The van der Waals surface area contributed by atoms with E-state index in [1.54, 1.807) is 0 Å². The van der Waals surface area contributed by atoms with Gasteiger partial charge in [-0.05, 0) is 17.7 Å². The van der Waals surface area contributed by atoms with Crippen molar-refractivity contribution < 1.29 is 0 Å². The first-order chi connectivity index (χ1) is 4.75. The van der Waals surface area contributed by atoms with E-state index in [1.807, 2.05) is 18.2 Å². The molecule has 0 radical (unpaired) electrons. The van der Waals surface area contributed by atoms with Crippen LogP contribution in [0.2, 0.25) is 0 Å². The van der Waals surface area contributed by atoms with Gasteiger partial charge in [0.05, 0.1) is 0 Å². The van der Waals surface area contributed by atoms with E-state index in [0.717, 1.165) is 14.5 Å². The zero-order valence-corrected chi connectivity index (χ0v) is 9.00. The van der Waals surface area contributed by atoms with Crippen LogP contribution in [0.15, 0.2) is 27.1 Å². The van der Waals surface area contributed by atoms with Crippen LogP contribution < -0.4 is 0 Å². The quantitative estimate of drug-likeness (QED) is 0.685. The summed E-state index contributed by atoms with van der Waals surface area (Å²) in [6.07, 6.45) is 0. The van der Waals surface area contributed by atoms with Crippen molar-refractivity contribution in [1.82, 2.24) is 0 Å². The molecule has 0 aliphatic heterocycles. The van der Waals surface area contributed by atoms with Crippen LogP contribution in [0.1, 0.15) is 5.56 Å². The Morgan fingerprint density at radius 1 is 1.20 bits per heavy atom. The van der Waals surface area contributed by atoms with Gasteiger partial charge in [-0.25, -0.2) is 0 Å². The van der Waals surface area contributed by atoms with Gasteiger partial charge >= 0.3 is 0 Å². The second kappa shape index (κ2) is 3.74. The van der Waals surface area contributed by atoms with Gasteiger partial charge in [0.25, 0.3) is 0 Å². The molecule has 10 heavy (non-hydrogen) atoms. The molecular formula is C7H5Br2Cl. The van der Waals surface area contributed by atoms with E-state index in [2.05, 4.69) is 31.9 Å². The van der Waals surface area contributed by atoms with Crippen LogP contribution in [0.5, 0.6) is 0 Å². The molecule has 1 aromatic carbocycles. The summed E-state index contributed by atoms with van der Waals surface area (Å²) in [6.45, 7) is 0. The number of alkyl halides is 1. The molecule has 54 valence electrons. The topological polar surface area (TPSA) is 0 Å². The molecular weight excluding hydrogens is 279 g/mol. The smallest absolute Gasteiger partial charge is 0.0496 e. The third-order valence-corrected chi connectivity index (χ3v) is 2.95. The van der Waals surface area contributed by atoms with Crippen molar-refractivity contribution in [2.24, 2.45) is 0 Å². The molecule has 0 bridgehead atoms. The van der Waals surface area contributed by atoms with Crippen LogP contribution in [-0.2, 0) is 5.88 Å². The Hall–Kier alpha value is 0.470. The van der Waals surface area contributed by atoms with E-state index < -0.39 is 0 Å². The largest absolute Gasteiger partial charge is 0.121 e. The Balaban J connectivity index is 3.17. The molecule has 3 heteroatoms. The molecule has 0 aliphatic rings. The van der Waals surface area contributed by atoms with Crippen LogP contribution in [0.25, 0.3) is 0 Å². The summed E-state index contributed by atoms with van der Waals surface area (Å²) in [5.41, 5.74) is 1.10. The standard InChI is InChI=1S/C7H5Br2Cl/c8-6-2-1-3-7(9)5(6)4-10/h1-3H,4H2. The fourth-order valence-electron chi connectivity index (χ4n) is 0.660. The van der Waals surface area contributed by atoms with Crippen molar-refractivity contribution in [2.75, 3.05) is 0 Å². The van der Waals surface area contributed by atoms with Gasteiger partial charge in [-0.15, -0.1) is 11.6 Å². The Bertz CT molecular complexity index is 215. The lowest BCUT2D eigenvalue weighted by Gasteiger charge is -2.00. The number of benzene rings is 1. The number of hydrogen-bond acceptors (Lipinski definition) is 0. The first kappa shape index (κ1) is 8.57. The zero-order valence-electron chi connectivity index (χ0n) is 5.07. The highest BCUT2D eigenvalue weighted by atomic mass is 79.9. The second-order valence-electron chi connectivity index (χ2n) is 1.83. The van der Waals surface area contributed by atoms with Crippen LogP contribution in [0.3, 0.4) is 0 Å². The van der Waals surface area contributed by atoms with Crippen molar-refractivity contribution in [2.45, 2.75) is 5.88 Å². The Morgan fingerprint density at radius 2 is 1.70 bits per heavy atom. The lowest BCUT2D eigenvalue weighted by molar-refractivity contribution is 1.34. The molecule has 1 aromatic rings. The van der Waals surface area contributed by atoms with E-state index in [1.165, 1.54) is 0 Å². The highest BCUT2D eigenvalue weighted by molar-refractivity contribution is 9.11. The molecule has 0 saturated carbocycles. The molecule has 0 heterocycles. The number of hydrogen-bond donors (Lipinski definition) is 0. The minimum absolute atomic E-state index is 0.530. The maximum atomic E-state index is 5.68. The van der Waals surface area contributed by atoms with Gasteiger partial charge in [0.15, 0.2) is 0 Å². The van der Waals surface area contributed by atoms with E-state index >= 15 is 0 Å². The van der Waals surface area contributed by atoms with Crippen LogP contribution in [-0.4, -0.2) is 0 Å². The van der Waals surface area contributed by atoms with E-state index in [-0.39, 0.29) is 0 Å². The molecule has 0 aliphatic carbocycles. The van der Waals surface area contributed by atoms with Gasteiger partial charge in [0.1, 0.15) is 0 Å². The van der Waals surface area contributed by atoms with Gasteiger partial charge in [0, 0.05) is 14.8 Å². The minimum Gasteiger partial charge on any atom is -0.121 e. The van der Waals surface area contributed by atoms with Crippen molar-refractivity contribution in [3.05, 3.63) is 32.7 Å². The van der Waals surface area contributed by atoms with Gasteiger partial charge in [-0.3, -0.25) is 0 Å². The summed E-state index contributed by atoms with van der Waals surface area (Å²) in [4.78, 5) is 0. The van der Waals surface area contributed by atoms with Gasteiger partial charge in [-0.1, -0.05) is 37.9 Å². The van der Waals surface area contributed by atoms with E-state index in [9.17, 15) is 0 Å². The maximum Gasteiger partial charge on any atom is 0.0496 e. The summed E-state index contributed by atoms with van der Waals surface area (Å²) in [7, 11) is 0. The molecule has 0 saturated heterocycles. The first-order valence-electron chi connectivity index (χ1n) is 2.74. The predicted molar refractivity (Wildman–Crippen MR) is 51.4 cm³/mol. The van der Waals surface area contributed by atoms with E-state index in [4.69, 9.17) is 11.6 Å². The lowest BCUT2D eigenvalue weighted by Crippen LogP contribution is -1.80. The molecule has 0 amide bonds. The van der Waals surface area contributed by atoms with Gasteiger partial charge in [-0.2, -0.15) is 0 Å². The fourth-order valence-corrected chi connectivity index (χ4v) is 2.55. The Morgan fingerprint density at radius 3 is 2.00 bits per heavy atom. The first-order valence-corrected chi connectivity index (χ1v) is 4.86. The van der Waals surface area contributed by atoms with Crippen LogP contribution in [0.4, 0.5) is 0 Å². The third kappa shape index (κ3) is 1.74. The lowest BCUT2D eigenvalue weighted by atomic mass is 10.2. The number of halogens is 3. The highest BCUT2D eigenvalue weighted by Gasteiger charge is 2.00. The summed E-state index contributed by atoms with van der Waals surface area (Å²) < 4.78 is 2.11. The minimum atomic E-state index is 0.530. The van der Waals surface area contributed by atoms with Crippen molar-refractivity contribution in [3.63, 3.8) is 0 Å². The second-order valence-corrected chi connectivity index (χ2v) is 3.81. The number of rotatable bonds is 1. The van der Waals surface area contributed by atoms with Gasteiger partial charge < -0.3 is 0 Å². The van der Waals surface area contributed by atoms with Crippen molar-refractivity contribution in [3.8, 4) is 0 Å². The Kier molecular flexibility index (Phi) is 3.21. The monoisotopic (exact) mass is 282 g/mol. The summed E-state index contributed by atoms with van der Waals surface area (Å²) in [6, 6.07) is 5.91. The fraction of sp³-hybridized carbons (Fsp3) is 0.143. The molecule has 0 unspecified atom stereocenters. The van der Waals surface area contributed by atoms with Crippen LogP contribution in [0, 0.1) is 0 Å². The van der Waals surface area contributed by atoms with Crippen molar-refractivity contribution in [1.29, 1.82) is 0 Å². The predicted octanol–water partition coefficient (Wildman–Crippen LogP) is 3.95. The summed E-state index contributed by atoms with van der Waals surface area (Å²) in [5, 5.41) is 0. The molecule has 0 nitrogen and oxygen atoms in total. The maximum absolute atomic E-state index is 5.68. The third-order valence-electron chi connectivity index (χ3n) is 1.20. The average molecular weight is 284 g/mol. The van der Waals surface area contributed by atoms with Gasteiger partial charge in [0.2, 0.25) is 0 Å². The Labute approximate surface area is 81.8 Å². The molecule has 1 rings (SSSR count). The average Bonchev–Trinajstić information content (AvgIpc) is 1.88. The summed E-state index contributed by atoms with van der Waals surface area (Å²) >= 11 is 12.5. The normalized spacial score (nSPS) is 9.90. The summed E-state index contributed by atoms with van der Waals surface area (Å²) in [5.74, 6) is 0.530. The SMILES string of the molecule is ClCc1c(Br)cccc1Br. The van der Waals surface area contributed by atoms with Crippen molar-refractivity contribution >= 4 is 43.5 Å². The molecule has 0 atom stereocenters. The molecule has 0 aromatic heterocycles. The van der Waals surface area contributed by atoms with E-state index in [0.29, 0.717) is 5.88 Å². The molecule has 0 fully saturated rings. The molecule has 0 N–H and O–H groups in total. The highest BCUT2D eigenvalue weighted by Crippen LogP contribution is 2.26.